The third-order valence-electron chi connectivity index (χ3n) is 7.48. The maximum absolute atomic E-state index is 13.8. The van der Waals surface area contributed by atoms with Crippen molar-refractivity contribution in [1.82, 2.24) is 24.4 Å². The van der Waals surface area contributed by atoms with Crippen LogP contribution in [0.1, 0.15) is 71.9 Å². The number of hydrogen-bond acceptors (Lipinski definition) is 7. The number of aryl methyl sites for hydroxylation is 1. The van der Waals surface area contributed by atoms with Gasteiger partial charge in [0.15, 0.2) is 0 Å². The van der Waals surface area contributed by atoms with Gasteiger partial charge < -0.3 is 23.9 Å². The minimum atomic E-state index is -4.57. The van der Waals surface area contributed by atoms with Crippen LogP contribution < -0.4 is 5.32 Å². The van der Waals surface area contributed by atoms with Crippen LogP contribution in [0.25, 0.3) is 11.1 Å². The smallest absolute Gasteiger partial charge is 0.442 e. The third-order valence-corrected chi connectivity index (χ3v) is 7.48. The van der Waals surface area contributed by atoms with E-state index in [-0.39, 0.29) is 37.0 Å². The summed E-state index contributed by atoms with van der Waals surface area (Å²) in [5.74, 6) is -0.410. The largest absolute Gasteiger partial charge is 0.449 e. The fourth-order valence-corrected chi connectivity index (χ4v) is 5.23. The van der Waals surface area contributed by atoms with Crippen molar-refractivity contribution in [2.24, 2.45) is 0 Å². The van der Waals surface area contributed by atoms with Crippen LogP contribution in [0.4, 0.5) is 19.0 Å². The third kappa shape index (κ3) is 3.91. The molecule has 0 spiro atoms. The Morgan fingerprint density at radius 1 is 1.19 bits per heavy atom. The van der Waals surface area contributed by atoms with Gasteiger partial charge >= 0.3 is 6.18 Å². The van der Waals surface area contributed by atoms with Crippen LogP contribution in [0.2, 0.25) is 0 Å². The number of furan rings is 1. The number of aromatic nitrogens is 4. The lowest BCUT2D eigenvalue weighted by atomic mass is 9.94. The maximum Gasteiger partial charge on any atom is 0.449 e. The van der Waals surface area contributed by atoms with Crippen molar-refractivity contribution in [3.8, 4) is 0 Å². The average molecular weight is 505 g/mol. The first-order valence-corrected chi connectivity index (χ1v) is 12.2. The number of carbonyl (C=O) groups excluding carboxylic acids is 1. The van der Waals surface area contributed by atoms with Crippen LogP contribution in [-0.2, 0) is 24.0 Å². The summed E-state index contributed by atoms with van der Waals surface area (Å²) in [6.45, 7) is 4.91. The first kappa shape index (κ1) is 23.3. The van der Waals surface area contributed by atoms with E-state index in [0.717, 1.165) is 12.8 Å². The lowest BCUT2D eigenvalue weighted by Gasteiger charge is -2.31. The molecule has 2 aliphatic heterocycles. The Morgan fingerprint density at radius 2 is 1.94 bits per heavy atom. The van der Waals surface area contributed by atoms with Gasteiger partial charge in [0.05, 0.1) is 28.9 Å². The minimum absolute atomic E-state index is 0.0145. The van der Waals surface area contributed by atoms with E-state index in [1.54, 1.807) is 11.8 Å². The van der Waals surface area contributed by atoms with E-state index in [2.05, 4.69) is 27.2 Å². The molecule has 1 aliphatic carbocycles. The van der Waals surface area contributed by atoms with Crippen LogP contribution in [0.15, 0.2) is 10.7 Å². The zero-order valence-electron chi connectivity index (χ0n) is 20.1. The number of nitrogens with one attached hydrogen (secondary N) is 1. The molecule has 3 aliphatic rings. The maximum atomic E-state index is 13.8. The molecule has 0 bridgehead atoms. The summed E-state index contributed by atoms with van der Waals surface area (Å²) in [5, 5.41) is 3.91. The molecule has 1 saturated heterocycles. The summed E-state index contributed by atoms with van der Waals surface area (Å²) in [7, 11) is 0. The Hall–Kier alpha value is -3.15. The van der Waals surface area contributed by atoms with Gasteiger partial charge in [-0.2, -0.15) is 13.2 Å². The highest BCUT2D eigenvalue weighted by Crippen LogP contribution is 2.41. The Morgan fingerprint density at radius 3 is 2.64 bits per heavy atom. The number of carbonyl (C=O) groups is 1. The predicted octanol–water partition coefficient (Wildman–Crippen LogP) is 4.26. The van der Waals surface area contributed by atoms with Gasteiger partial charge in [-0.05, 0) is 39.5 Å². The van der Waals surface area contributed by atoms with Crippen molar-refractivity contribution in [3.05, 3.63) is 34.9 Å². The van der Waals surface area contributed by atoms with Crippen molar-refractivity contribution in [2.75, 3.05) is 25.1 Å². The van der Waals surface area contributed by atoms with Crippen LogP contribution in [0.5, 0.6) is 0 Å². The van der Waals surface area contributed by atoms with Crippen molar-refractivity contribution < 1.29 is 27.1 Å². The molecule has 0 aromatic carbocycles. The van der Waals surface area contributed by atoms with E-state index in [4.69, 9.17) is 9.15 Å². The van der Waals surface area contributed by atoms with Crippen molar-refractivity contribution in [3.63, 3.8) is 0 Å². The second-order valence-electron chi connectivity index (χ2n) is 10.2. The monoisotopic (exact) mass is 504 g/mol. The number of anilines is 1. The normalized spacial score (nSPS) is 20.0. The number of rotatable bonds is 4. The molecular weight excluding hydrogens is 477 g/mol. The fraction of sp³-hybridized carbons (Fsp3) is 0.583. The first-order chi connectivity index (χ1) is 17.1. The molecule has 0 radical (unpaired) electrons. The molecule has 3 aromatic heterocycles. The van der Waals surface area contributed by atoms with Crippen LogP contribution in [0, 0.1) is 6.92 Å². The number of amides is 1. The highest BCUT2D eigenvalue weighted by Gasteiger charge is 2.43. The van der Waals surface area contributed by atoms with E-state index in [1.807, 2.05) is 0 Å². The van der Waals surface area contributed by atoms with E-state index >= 15 is 0 Å². The molecule has 6 rings (SSSR count). The highest BCUT2D eigenvalue weighted by atomic mass is 19.4. The van der Waals surface area contributed by atoms with Crippen LogP contribution in [0.3, 0.4) is 0 Å². The Kier molecular flexibility index (Phi) is 5.29. The molecule has 36 heavy (non-hydrogen) atoms. The van der Waals surface area contributed by atoms with Gasteiger partial charge in [-0.15, -0.1) is 0 Å². The van der Waals surface area contributed by atoms with Gasteiger partial charge in [-0.3, -0.25) is 4.79 Å². The van der Waals surface area contributed by atoms with Crippen LogP contribution >= 0.6 is 0 Å². The van der Waals surface area contributed by atoms with E-state index in [9.17, 15) is 18.0 Å². The van der Waals surface area contributed by atoms with E-state index in [0.29, 0.717) is 65.7 Å². The lowest BCUT2D eigenvalue weighted by molar-refractivity contribution is -0.147. The quantitative estimate of drug-likeness (QED) is 0.567. The molecule has 2 fully saturated rings. The Bertz CT molecular complexity index is 1340. The SMILES string of the molecule is Cc1oc2ncnc(NC3(C)CC3)c2c1C(=O)N1CCn2c(C(F)(F)F)nc(C3CCOCC3)c2C1. The van der Waals surface area contributed by atoms with E-state index in [1.165, 1.54) is 10.9 Å². The number of hydrogen-bond donors (Lipinski definition) is 1. The van der Waals surface area contributed by atoms with Crippen molar-refractivity contribution in [1.29, 1.82) is 0 Å². The molecule has 1 saturated carbocycles. The summed E-state index contributed by atoms with van der Waals surface area (Å²) in [5.41, 5.74) is 1.43. The summed E-state index contributed by atoms with van der Waals surface area (Å²) in [6, 6.07) is 0. The molecule has 3 aromatic rings. The molecule has 12 heteroatoms. The van der Waals surface area contributed by atoms with E-state index < -0.39 is 12.0 Å². The second kappa shape index (κ2) is 8.19. The lowest BCUT2D eigenvalue weighted by Crippen LogP contribution is -2.39. The highest BCUT2D eigenvalue weighted by molar-refractivity contribution is 6.10. The molecule has 192 valence electrons. The van der Waals surface area contributed by atoms with Gasteiger partial charge in [0.1, 0.15) is 17.9 Å². The predicted molar refractivity (Wildman–Crippen MR) is 123 cm³/mol. The summed E-state index contributed by atoms with van der Waals surface area (Å²) >= 11 is 0. The summed E-state index contributed by atoms with van der Waals surface area (Å²) < 4.78 is 53.9. The van der Waals surface area contributed by atoms with Gasteiger partial charge in [0, 0.05) is 37.8 Å². The zero-order chi connectivity index (χ0) is 25.2. The average Bonchev–Trinajstić information content (AvgIpc) is 3.29. The molecule has 1 N–H and O–H groups in total. The summed E-state index contributed by atoms with van der Waals surface area (Å²) in [6.07, 6.45) is 0.0125. The summed E-state index contributed by atoms with van der Waals surface area (Å²) in [4.78, 5) is 28.1. The number of halogens is 3. The number of nitrogens with zero attached hydrogens (tertiary/aromatic N) is 5. The number of fused-ring (bicyclic) bond motifs is 2. The molecule has 1 amide bonds. The standard InChI is InChI=1S/C24H27F3N6O3/c1-13-16(17-19(31-23(2)5-6-23)28-12-29-20(17)36-13)21(34)32-7-8-33-15(11-32)18(14-3-9-35-10-4-14)30-22(33)24(25,26)27/h12,14H,3-11H2,1-2H3,(H,28,29,31). The van der Waals surface area contributed by atoms with Crippen molar-refractivity contribution >= 4 is 22.8 Å². The van der Waals surface area contributed by atoms with Crippen molar-refractivity contribution in [2.45, 2.75) is 70.3 Å². The Balaban J connectivity index is 1.37. The first-order valence-electron chi connectivity index (χ1n) is 12.2. The van der Waals surface area contributed by atoms with Crippen LogP contribution in [-0.4, -0.2) is 55.6 Å². The fourth-order valence-electron chi connectivity index (χ4n) is 5.23. The van der Waals surface area contributed by atoms with Gasteiger partial charge in [0.2, 0.25) is 11.5 Å². The molecule has 5 heterocycles. The topological polar surface area (TPSA) is 98.3 Å². The second-order valence-corrected chi connectivity index (χ2v) is 10.2. The number of imidazole rings is 1. The van der Waals surface area contributed by atoms with Gasteiger partial charge in [0.25, 0.3) is 5.91 Å². The zero-order valence-corrected chi connectivity index (χ0v) is 20.1. The molecule has 0 unspecified atom stereocenters. The Labute approximate surface area is 205 Å². The number of ether oxygens (including phenoxy) is 1. The van der Waals surface area contributed by atoms with Gasteiger partial charge in [-0.25, -0.2) is 15.0 Å². The molecular formula is C24H27F3N6O3. The minimum Gasteiger partial charge on any atom is -0.442 e. The molecule has 0 atom stereocenters. The molecule has 9 nitrogen and oxygen atoms in total. The number of alkyl halides is 3. The van der Waals surface area contributed by atoms with Gasteiger partial charge in [-0.1, -0.05) is 0 Å².